The second-order valence-electron chi connectivity index (χ2n) is 25.3. The van der Waals surface area contributed by atoms with Crippen molar-refractivity contribution in [3.63, 3.8) is 0 Å². The van der Waals surface area contributed by atoms with E-state index in [9.17, 15) is 0 Å². The van der Waals surface area contributed by atoms with Crippen LogP contribution in [0.15, 0.2) is 328 Å². The average molecular weight is 1230 g/mol. The van der Waals surface area contributed by atoms with Gasteiger partial charge in [-0.05, 0) is 155 Å². The summed E-state index contributed by atoms with van der Waals surface area (Å²) in [7, 11) is 0. The van der Waals surface area contributed by atoms with E-state index in [0.29, 0.717) is 0 Å². The summed E-state index contributed by atoms with van der Waals surface area (Å²) in [4.78, 5) is 10.4. The highest BCUT2D eigenvalue weighted by Crippen LogP contribution is 2.55. The number of hydrogen-bond donors (Lipinski definition) is 0. The maximum absolute atomic E-state index is 5.51. The van der Waals surface area contributed by atoms with Gasteiger partial charge in [0, 0.05) is 83.6 Å². The minimum atomic E-state index is 0.913. The Labute approximate surface area is 554 Å². The lowest BCUT2D eigenvalue weighted by molar-refractivity contribution is 1.03. The van der Waals surface area contributed by atoms with Gasteiger partial charge in [0.1, 0.15) is 0 Å². The molecule has 0 N–H and O–H groups in total. The topological polar surface area (TPSA) is 45.5 Å². The Bertz CT molecular complexity index is 6310. The highest BCUT2D eigenvalue weighted by atomic mass is 15.1. The Balaban J connectivity index is 1.12. The lowest BCUT2D eigenvalue weighted by atomic mass is 9.89. The minimum absolute atomic E-state index is 0.913. The molecular weight excluding hydrogens is 1170 g/mol. The zero-order chi connectivity index (χ0) is 63.5. The van der Waals surface area contributed by atoms with E-state index in [1.165, 1.54) is 0 Å². The van der Waals surface area contributed by atoms with Gasteiger partial charge in [0.15, 0.2) is 0 Å². The van der Waals surface area contributed by atoms with Crippen LogP contribution in [-0.4, -0.2) is 28.2 Å². The van der Waals surface area contributed by atoms with Gasteiger partial charge in [-0.1, -0.05) is 224 Å². The highest BCUT2D eigenvalue weighted by molar-refractivity contribution is 6.20. The van der Waals surface area contributed by atoms with Crippen molar-refractivity contribution in [1.82, 2.24) is 28.2 Å². The number of para-hydroxylation sites is 4. The summed E-state index contributed by atoms with van der Waals surface area (Å²) >= 11 is 0. The highest BCUT2D eigenvalue weighted by Gasteiger charge is 2.36. The second kappa shape index (κ2) is 22.0. The summed E-state index contributed by atoms with van der Waals surface area (Å²) in [6, 6.07) is 117. The molecule has 6 nitrogen and oxygen atoms in total. The normalized spacial score (nSPS) is 11.9. The SMILES string of the molecule is Cc1ccc(-c2c(-n3c4ccccc4c4cc(-c5ccccc5)ccc43)c(-c3ccncc3)c(-n3c4ccccc4c4cc(-c5ccccc5)ccc43)c(-n3c4ccccc4c4cc(-c5ccccc5)ccc43)c2-n2c3ccccc3c3cc(-c4ccccc4)ccc32)c(C)n1. The van der Waals surface area contributed by atoms with Gasteiger partial charge < -0.3 is 18.3 Å². The second-order valence-corrected chi connectivity index (χ2v) is 25.3. The van der Waals surface area contributed by atoms with Crippen molar-refractivity contribution in [2.75, 3.05) is 0 Å². The summed E-state index contributed by atoms with van der Waals surface area (Å²) in [5, 5.41) is 9.18. The van der Waals surface area contributed by atoms with E-state index in [0.717, 1.165) is 188 Å². The molecule has 13 aromatic carbocycles. The minimum Gasteiger partial charge on any atom is -0.308 e. The number of nitrogens with zero attached hydrogens (tertiary/aromatic N) is 6. The first-order chi connectivity index (χ1) is 47.5. The van der Waals surface area contributed by atoms with Crippen molar-refractivity contribution < 1.29 is 0 Å². The summed E-state index contributed by atoms with van der Waals surface area (Å²) in [5.74, 6) is 0. The molecule has 6 heteroatoms. The van der Waals surface area contributed by atoms with E-state index in [2.05, 4.69) is 348 Å². The van der Waals surface area contributed by atoms with Gasteiger partial charge in [0.25, 0.3) is 0 Å². The Hall–Kier alpha value is -12.6. The molecule has 0 saturated heterocycles. The fraction of sp³-hybridized carbons (Fsp3) is 0.0222. The van der Waals surface area contributed by atoms with Crippen molar-refractivity contribution in [2.45, 2.75) is 13.8 Å². The van der Waals surface area contributed by atoms with Crippen LogP contribution in [0.3, 0.4) is 0 Å². The Morgan fingerprint density at radius 2 is 0.521 bits per heavy atom. The zero-order valence-corrected chi connectivity index (χ0v) is 52.9. The first-order valence-corrected chi connectivity index (χ1v) is 33.0. The van der Waals surface area contributed by atoms with Gasteiger partial charge in [-0.3, -0.25) is 9.97 Å². The molecular formula is C90H60N6. The van der Waals surface area contributed by atoms with Crippen LogP contribution < -0.4 is 0 Å². The van der Waals surface area contributed by atoms with Crippen LogP contribution in [0.25, 0.3) is 177 Å². The molecule has 0 unspecified atom stereocenters. The molecule has 0 radical (unpaired) electrons. The van der Waals surface area contributed by atoms with E-state index >= 15 is 0 Å². The maximum atomic E-state index is 5.51. The quantitative estimate of drug-likeness (QED) is 0.137. The molecule has 19 rings (SSSR count). The largest absolute Gasteiger partial charge is 0.308 e. The smallest absolute Gasteiger partial charge is 0.0961 e. The first kappa shape index (κ1) is 55.0. The van der Waals surface area contributed by atoms with E-state index in [4.69, 9.17) is 9.97 Å². The molecule has 0 amide bonds. The lowest BCUT2D eigenvalue weighted by Gasteiger charge is -2.31. The van der Waals surface area contributed by atoms with Gasteiger partial charge >= 0.3 is 0 Å². The van der Waals surface area contributed by atoms with Crippen LogP contribution in [-0.2, 0) is 0 Å². The Morgan fingerprint density at radius 3 is 0.875 bits per heavy atom. The molecule has 0 spiro atoms. The number of rotatable bonds is 10. The summed E-state index contributed by atoms with van der Waals surface area (Å²) < 4.78 is 10.5. The van der Waals surface area contributed by atoms with E-state index in [1.807, 2.05) is 12.4 Å². The van der Waals surface area contributed by atoms with Crippen LogP contribution in [0.4, 0.5) is 0 Å². The standard InChI is InChI=1S/C90H60N6/c1-57-39-44-68(58(2)92-57)86-87(93-77-35-19-15-31-69(77)73-53-64(40-45-81(73)93)59-23-7-3-8-24-59)85(63-49-51-91-52-50-63)88(94-78-36-20-16-32-70(78)74-54-65(41-46-82(74)94)60-25-9-4-10-26-60)90(96-80-38-22-18-34-72(80)76-56-67(43-48-84(76)96)62-29-13-6-14-30-62)89(86)95-79-37-21-17-33-71(79)75-55-66(42-47-83(75)95)61-27-11-5-12-28-61/h3-56H,1-2H3. The molecule has 0 atom stereocenters. The van der Waals surface area contributed by atoms with Crippen molar-refractivity contribution in [2.24, 2.45) is 0 Å². The lowest BCUT2D eigenvalue weighted by Crippen LogP contribution is -2.16. The van der Waals surface area contributed by atoms with E-state index in [1.54, 1.807) is 0 Å². The van der Waals surface area contributed by atoms with Crippen LogP contribution in [0, 0.1) is 13.8 Å². The van der Waals surface area contributed by atoms with Crippen molar-refractivity contribution in [1.29, 1.82) is 0 Å². The average Bonchev–Trinajstić information content (AvgIpc) is 1.43. The molecule has 0 aliphatic rings. The number of pyridine rings is 2. The van der Waals surface area contributed by atoms with Gasteiger partial charge in [0.05, 0.1) is 66.9 Å². The number of fused-ring (bicyclic) bond motifs is 12. The molecule has 19 aromatic rings. The Morgan fingerprint density at radius 1 is 0.219 bits per heavy atom. The number of hydrogen-bond acceptors (Lipinski definition) is 2. The van der Waals surface area contributed by atoms with Gasteiger partial charge in [-0.2, -0.15) is 0 Å². The van der Waals surface area contributed by atoms with Crippen LogP contribution in [0.2, 0.25) is 0 Å². The van der Waals surface area contributed by atoms with Crippen molar-refractivity contribution in [3.05, 3.63) is 339 Å². The molecule has 6 heterocycles. The molecule has 0 aliphatic heterocycles. The fourth-order valence-electron chi connectivity index (χ4n) is 15.7. The molecule has 450 valence electrons. The Kier molecular flexibility index (Phi) is 12.6. The number of aryl methyl sites for hydroxylation is 2. The van der Waals surface area contributed by atoms with Crippen molar-refractivity contribution >= 4 is 87.2 Å². The third-order valence-corrected chi connectivity index (χ3v) is 19.9. The first-order valence-electron chi connectivity index (χ1n) is 33.0. The zero-order valence-electron chi connectivity index (χ0n) is 52.9. The maximum Gasteiger partial charge on any atom is 0.0961 e. The van der Waals surface area contributed by atoms with Crippen LogP contribution in [0.1, 0.15) is 11.4 Å². The number of aromatic nitrogens is 6. The molecule has 0 aliphatic carbocycles. The predicted octanol–water partition coefficient (Wildman–Crippen LogP) is 23.5. The van der Waals surface area contributed by atoms with Crippen LogP contribution >= 0.6 is 0 Å². The third kappa shape index (κ3) is 8.52. The van der Waals surface area contributed by atoms with Gasteiger partial charge in [-0.15, -0.1) is 0 Å². The van der Waals surface area contributed by atoms with Crippen LogP contribution in [0.5, 0.6) is 0 Å². The van der Waals surface area contributed by atoms with Gasteiger partial charge in [-0.25, -0.2) is 0 Å². The summed E-state index contributed by atoms with van der Waals surface area (Å²) in [5.41, 5.74) is 27.7. The molecule has 96 heavy (non-hydrogen) atoms. The molecule has 0 saturated carbocycles. The molecule has 0 fully saturated rings. The van der Waals surface area contributed by atoms with Gasteiger partial charge in [0.2, 0.25) is 0 Å². The van der Waals surface area contributed by atoms with E-state index < -0.39 is 0 Å². The van der Waals surface area contributed by atoms with Crippen molar-refractivity contribution in [3.8, 4) is 89.5 Å². The fourth-order valence-corrected chi connectivity index (χ4v) is 15.7. The predicted molar refractivity (Wildman–Crippen MR) is 401 cm³/mol. The molecule has 6 aromatic heterocycles. The summed E-state index contributed by atoms with van der Waals surface area (Å²) in [6.07, 6.45) is 3.93. The van der Waals surface area contributed by atoms with E-state index in [-0.39, 0.29) is 0 Å². The monoisotopic (exact) mass is 1220 g/mol. The number of benzene rings is 13. The molecule has 0 bridgehead atoms. The third-order valence-electron chi connectivity index (χ3n) is 19.9. The summed E-state index contributed by atoms with van der Waals surface area (Å²) in [6.45, 7) is 4.31.